The number of nitrogens with zero attached hydrogens (tertiary/aromatic N) is 4. The molecule has 0 saturated heterocycles. The molecule has 0 amide bonds. The van der Waals surface area contributed by atoms with Gasteiger partial charge < -0.3 is 0 Å². The maximum atomic E-state index is 6.45. The Bertz CT molecular complexity index is 1760. The predicted octanol–water partition coefficient (Wildman–Crippen LogP) is 8.76. The van der Waals surface area contributed by atoms with Crippen LogP contribution in [0.1, 0.15) is 44.5 Å². The number of benzene rings is 4. The highest BCUT2D eigenvalue weighted by Crippen LogP contribution is 2.39. The Kier molecular flexibility index (Phi) is 6.56. The molecule has 0 bridgehead atoms. The average molecular weight is 566 g/mol. The molecular weight excluding hydrogens is 535 g/mol. The zero-order valence-electron chi connectivity index (χ0n) is 23.5. The summed E-state index contributed by atoms with van der Waals surface area (Å²) >= 11 is 12.9. The van der Waals surface area contributed by atoms with E-state index in [1.165, 1.54) is 33.4 Å². The monoisotopic (exact) mass is 564 g/mol. The molecule has 1 aliphatic rings. The zero-order valence-corrected chi connectivity index (χ0v) is 25.0. The van der Waals surface area contributed by atoms with E-state index in [9.17, 15) is 0 Å². The minimum absolute atomic E-state index is 0.653. The van der Waals surface area contributed by atoms with Crippen LogP contribution in [0, 0.1) is 41.5 Å². The Labute approximate surface area is 244 Å². The van der Waals surface area contributed by atoms with Gasteiger partial charge in [0.25, 0.3) is 0 Å². The molecule has 200 valence electrons. The van der Waals surface area contributed by atoms with Crippen molar-refractivity contribution in [1.29, 1.82) is 0 Å². The van der Waals surface area contributed by atoms with E-state index in [0.29, 0.717) is 15.7 Å². The van der Waals surface area contributed by atoms with Gasteiger partial charge in [-0.3, -0.25) is 9.13 Å². The highest BCUT2D eigenvalue weighted by molar-refractivity contribution is 6.34. The largest absolute Gasteiger partial charge is 0.284 e. The van der Waals surface area contributed by atoms with Crippen LogP contribution in [0.4, 0.5) is 0 Å². The number of rotatable bonds is 3. The van der Waals surface area contributed by atoms with Crippen LogP contribution < -0.4 is 5.62 Å². The molecule has 0 N–H and O–H groups in total. The Hall–Kier alpha value is -3.86. The summed E-state index contributed by atoms with van der Waals surface area (Å²) in [5, 5.41) is 11.2. The molecule has 5 aromatic rings. The Balaban J connectivity index is 1.68. The van der Waals surface area contributed by atoms with Gasteiger partial charge in [0.1, 0.15) is 5.71 Å². The van der Waals surface area contributed by atoms with E-state index in [0.717, 1.165) is 39.3 Å². The average Bonchev–Trinajstić information content (AvgIpc) is 3.39. The van der Waals surface area contributed by atoms with Gasteiger partial charge in [0, 0.05) is 33.6 Å². The van der Waals surface area contributed by atoms with Gasteiger partial charge >= 0.3 is 0 Å². The number of aryl methyl sites for hydroxylation is 6. The fourth-order valence-corrected chi connectivity index (χ4v) is 6.52. The van der Waals surface area contributed by atoms with Crippen molar-refractivity contribution >= 4 is 28.9 Å². The molecule has 1 heterocycles. The van der Waals surface area contributed by atoms with E-state index in [1.807, 2.05) is 36.4 Å². The van der Waals surface area contributed by atoms with Gasteiger partial charge in [0.2, 0.25) is 5.62 Å². The molecule has 6 heteroatoms. The molecule has 0 atom stereocenters. The molecule has 1 aromatic heterocycles. The second kappa shape index (κ2) is 9.96. The van der Waals surface area contributed by atoms with Crippen molar-refractivity contribution in [3.05, 3.63) is 133 Å². The van der Waals surface area contributed by atoms with Crippen molar-refractivity contribution in [3.63, 3.8) is 0 Å². The van der Waals surface area contributed by atoms with Gasteiger partial charge in [-0.15, -0.1) is 10.2 Å². The standard InChI is InChI=1S/C34H30Cl2N4/c1-19-13-21(3)32(22(4)14-19)39-11-12-40(33-23(5)15-20(2)16-24(33)6)34(39)38-37-31-29-17-25(35)7-9-27(29)28-10-8-26(36)18-30(28)31/h7-18H,1-6H3. The summed E-state index contributed by atoms with van der Waals surface area (Å²) in [7, 11) is 0. The van der Waals surface area contributed by atoms with E-state index in [-0.39, 0.29) is 0 Å². The molecule has 0 fully saturated rings. The van der Waals surface area contributed by atoms with Crippen LogP contribution in [0.25, 0.3) is 22.5 Å². The number of aromatic nitrogens is 2. The van der Waals surface area contributed by atoms with Gasteiger partial charge in [0.15, 0.2) is 0 Å². The fourth-order valence-electron chi connectivity index (χ4n) is 6.18. The SMILES string of the molecule is Cc1cc(C)c(-n2ccn(-c3c(C)cc(C)cc3C)c2=NN=C2c3cc(Cl)ccc3-c3ccc(Cl)cc32)c(C)c1. The lowest BCUT2D eigenvalue weighted by Crippen LogP contribution is -2.26. The molecule has 1 aliphatic carbocycles. The second-order valence-electron chi connectivity index (χ2n) is 10.8. The molecule has 0 unspecified atom stereocenters. The third-order valence-corrected chi connectivity index (χ3v) is 8.02. The molecule has 4 aromatic carbocycles. The van der Waals surface area contributed by atoms with Crippen molar-refractivity contribution < 1.29 is 0 Å². The number of halogens is 2. The lowest BCUT2D eigenvalue weighted by Gasteiger charge is -2.15. The maximum absolute atomic E-state index is 6.45. The summed E-state index contributed by atoms with van der Waals surface area (Å²) in [5.74, 6) is 0. The molecule has 0 spiro atoms. The number of fused-ring (bicyclic) bond motifs is 3. The van der Waals surface area contributed by atoms with Crippen molar-refractivity contribution in [2.24, 2.45) is 10.2 Å². The summed E-state index contributed by atoms with van der Waals surface area (Å²) < 4.78 is 4.28. The first-order chi connectivity index (χ1) is 19.1. The number of hydrogen-bond acceptors (Lipinski definition) is 2. The third-order valence-electron chi connectivity index (χ3n) is 7.55. The first-order valence-corrected chi connectivity index (χ1v) is 14.1. The van der Waals surface area contributed by atoms with Gasteiger partial charge in [-0.25, -0.2) is 0 Å². The first kappa shape index (κ1) is 26.4. The van der Waals surface area contributed by atoms with Crippen LogP contribution in [0.3, 0.4) is 0 Å². The normalized spacial score (nSPS) is 11.9. The first-order valence-electron chi connectivity index (χ1n) is 13.3. The smallest absolute Gasteiger partial charge is 0.239 e. The van der Waals surface area contributed by atoms with Gasteiger partial charge in [-0.05, 0) is 99.2 Å². The molecule has 0 aliphatic heterocycles. The van der Waals surface area contributed by atoms with E-state index in [4.69, 9.17) is 33.4 Å². The van der Waals surface area contributed by atoms with E-state index in [2.05, 4.69) is 87.3 Å². The summed E-state index contributed by atoms with van der Waals surface area (Å²) in [5.41, 5.74) is 14.9. The molecule has 6 rings (SSSR count). The molecule has 40 heavy (non-hydrogen) atoms. The van der Waals surface area contributed by atoms with Crippen LogP contribution in [-0.4, -0.2) is 14.8 Å². The van der Waals surface area contributed by atoms with E-state index < -0.39 is 0 Å². The van der Waals surface area contributed by atoms with Crippen LogP contribution >= 0.6 is 23.2 Å². The van der Waals surface area contributed by atoms with Crippen LogP contribution in [-0.2, 0) is 0 Å². The predicted molar refractivity (Wildman–Crippen MR) is 167 cm³/mol. The number of imidazole rings is 1. The number of hydrogen-bond donors (Lipinski definition) is 0. The molecular formula is C34H30Cl2N4. The van der Waals surface area contributed by atoms with Crippen LogP contribution in [0.15, 0.2) is 83.3 Å². The highest BCUT2D eigenvalue weighted by atomic mass is 35.5. The Morgan fingerprint density at radius 2 is 0.900 bits per heavy atom. The molecule has 0 radical (unpaired) electrons. The fraction of sp³-hybridized carbons (Fsp3) is 0.176. The van der Waals surface area contributed by atoms with Crippen LogP contribution in [0.2, 0.25) is 10.0 Å². The second-order valence-corrected chi connectivity index (χ2v) is 11.6. The third kappa shape index (κ3) is 4.42. The minimum Gasteiger partial charge on any atom is -0.284 e. The summed E-state index contributed by atoms with van der Waals surface area (Å²) in [6, 6.07) is 20.6. The van der Waals surface area contributed by atoms with Crippen molar-refractivity contribution in [2.45, 2.75) is 41.5 Å². The lowest BCUT2D eigenvalue weighted by atomic mass is 10.0. The topological polar surface area (TPSA) is 34.6 Å². The quantitative estimate of drug-likeness (QED) is 0.192. The van der Waals surface area contributed by atoms with Crippen molar-refractivity contribution in [3.8, 4) is 22.5 Å². The summed E-state index contributed by atoms with van der Waals surface area (Å²) in [6.07, 6.45) is 4.15. The summed E-state index contributed by atoms with van der Waals surface area (Å²) in [6.45, 7) is 12.8. The zero-order chi connectivity index (χ0) is 28.3. The van der Waals surface area contributed by atoms with Crippen LogP contribution in [0.5, 0.6) is 0 Å². The highest BCUT2D eigenvalue weighted by Gasteiger charge is 2.26. The van der Waals surface area contributed by atoms with E-state index in [1.54, 1.807) is 0 Å². The maximum Gasteiger partial charge on any atom is 0.239 e. The molecule has 4 nitrogen and oxygen atoms in total. The van der Waals surface area contributed by atoms with Crippen molar-refractivity contribution in [1.82, 2.24) is 9.13 Å². The minimum atomic E-state index is 0.653. The molecule has 0 saturated carbocycles. The summed E-state index contributed by atoms with van der Waals surface area (Å²) in [4.78, 5) is 0. The Morgan fingerprint density at radius 1 is 0.500 bits per heavy atom. The lowest BCUT2D eigenvalue weighted by molar-refractivity contribution is 0.820. The van der Waals surface area contributed by atoms with Crippen molar-refractivity contribution in [2.75, 3.05) is 0 Å². The van der Waals surface area contributed by atoms with Gasteiger partial charge in [0.05, 0.1) is 11.4 Å². The van der Waals surface area contributed by atoms with Gasteiger partial charge in [-0.1, -0.05) is 70.7 Å². The van der Waals surface area contributed by atoms with E-state index >= 15 is 0 Å². The Morgan fingerprint density at radius 3 is 1.30 bits per heavy atom. The van der Waals surface area contributed by atoms with Gasteiger partial charge in [-0.2, -0.15) is 0 Å².